The molecule has 0 radical (unpaired) electrons. The lowest BCUT2D eigenvalue weighted by molar-refractivity contribution is -0.914. The topological polar surface area (TPSA) is 26.1 Å². The van der Waals surface area contributed by atoms with Gasteiger partial charge >= 0.3 is 0 Å². The van der Waals surface area contributed by atoms with Crippen molar-refractivity contribution in [1.29, 1.82) is 0 Å². The summed E-state index contributed by atoms with van der Waals surface area (Å²) in [5.74, 6) is 1.60. The van der Waals surface area contributed by atoms with E-state index in [0.717, 1.165) is 49.2 Å². The van der Waals surface area contributed by atoms with Gasteiger partial charge in [-0.15, -0.1) is 0 Å². The average molecular weight is 376 g/mol. The van der Waals surface area contributed by atoms with Crippen molar-refractivity contribution in [2.24, 2.45) is 0 Å². The van der Waals surface area contributed by atoms with Crippen LogP contribution in [0.25, 0.3) is 0 Å². The molecule has 1 saturated heterocycles. The molecule has 1 aliphatic heterocycles. The minimum Gasteiger partial charge on any atom is -0.493 e. The number of halogens is 1. The van der Waals surface area contributed by atoms with Crippen molar-refractivity contribution in [1.82, 2.24) is 0 Å². The van der Waals surface area contributed by atoms with Gasteiger partial charge in [-0.1, -0.05) is 17.7 Å². The van der Waals surface area contributed by atoms with Crippen molar-refractivity contribution < 1.29 is 14.4 Å². The zero-order valence-electron chi connectivity index (χ0n) is 16.1. The van der Waals surface area contributed by atoms with Crippen LogP contribution in [0.5, 0.6) is 11.5 Å². The maximum Gasteiger partial charge on any atom is 0.161 e. The standard InChI is InChI=1S/C21H27ClN2O2/c1-15-5-6-18(22)13-19(15)24-9-7-23(8-10-24)14-17-12-21(26-4)20(25-3)11-16(17)2/h5-6,11-13H,7-10,14H2,1-4H3/p+1. The van der Waals surface area contributed by atoms with E-state index in [-0.39, 0.29) is 0 Å². The first-order chi connectivity index (χ1) is 12.5. The second-order valence-electron chi connectivity index (χ2n) is 6.98. The summed E-state index contributed by atoms with van der Waals surface area (Å²) >= 11 is 6.19. The number of quaternary nitrogens is 1. The first kappa shape index (κ1) is 18.9. The molecule has 0 atom stereocenters. The van der Waals surface area contributed by atoms with E-state index in [1.807, 2.05) is 6.07 Å². The molecule has 0 aromatic heterocycles. The number of methoxy groups -OCH3 is 2. The van der Waals surface area contributed by atoms with Crippen LogP contribution in [-0.2, 0) is 6.54 Å². The fraction of sp³-hybridized carbons (Fsp3) is 0.429. The van der Waals surface area contributed by atoms with E-state index >= 15 is 0 Å². The molecule has 0 unspecified atom stereocenters. The van der Waals surface area contributed by atoms with Gasteiger partial charge in [-0.3, -0.25) is 0 Å². The smallest absolute Gasteiger partial charge is 0.161 e. The SMILES string of the molecule is COc1cc(C)c(C[NH+]2CCN(c3cc(Cl)ccc3C)CC2)cc1OC. The van der Waals surface area contributed by atoms with Gasteiger partial charge in [0.1, 0.15) is 6.54 Å². The number of hydrogen-bond donors (Lipinski definition) is 1. The second-order valence-corrected chi connectivity index (χ2v) is 7.41. The van der Waals surface area contributed by atoms with Gasteiger partial charge in [0, 0.05) is 16.3 Å². The molecule has 26 heavy (non-hydrogen) atoms. The summed E-state index contributed by atoms with van der Waals surface area (Å²) in [6.45, 7) is 9.61. The van der Waals surface area contributed by atoms with Crippen molar-refractivity contribution in [3.8, 4) is 11.5 Å². The number of piperazine rings is 1. The Balaban J connectivity index is 1.67. The third-order valence-electron chi connectivity index (χ3n) is 5.26. The quantitative estimate of drug-likeness (QED) is 0.870. The average Bonchev–Trinajstić information content (AvgIpc) is 2.65. The number of benzene rings is 2. The summed E-state index contributed by atoms with van der Waals surface area (Å²) < 4.78 is 10.9. The van der Waals surface area contributed by atoms with E-state index in [1.165, 1.54) is 22.4 Å². The Morgan fingerprint density at radius 3 is 2.27 bits per heavy atom. The lowest BCUT2D eigenvalue weighted by Gasteiger charge is -2.34. The molecule has 1 aliphatic rings. The van der Waals surface area contributed by atoms with Crippen molar-refractivity contribution in [2.75, 3.05) is 45.3 Å². The zero-order valence-corrected chi connectivity index (χ0v) is 16.8. The van der Waals surface area contributed by atoms with Gasteiger partial charge in [0.15, 0.2) is 11.5 Å². The van der Waals surface area contributed by atoms with E-state index < -0.39 is 0 Å². The van der Waals surface area contributed by atoms with Gasteiger partial charge in [0.2, 0.25) is 0 Å². The summed E-state index contributed by atoms with van der Waals surface area (Å²) in [7, 11) is 3.37. The molecule has 3 rings (SSSR count). The highest BCUT2D eigenvalue weighted by molar-refractivity contribution is 6.30. The Bertz CT molecular complexity index is 771. The van der Waals surface area contributed by atoms with Crippen LogP contribution in [0.3, 0.4) is 0 Å². The third kappa shape index (κ3) is 4.08. The number of hydrogen-bond acceptors (Lipinski definition) is 3. The molecule has 2 aromatic carbocycles. The van der Waals surface area contributed by atoms with E-state index in [1.54, 1.807) is 19.1 Å². The van der Waals surface area contributed by atoms with Gasteiger partial charge in [0.05, 0.1) is 40.4 Å². The third-order valence-corrected chi connectivity index (χ3v) is 5.50. The molecule has 0 bridgehead atoms. The monoisotopic (exact) mass is 375 g/mol. The lowest BCUT2D eigenvalue weighted by Crippen LogP contribution is -3.13. The molecule has 0 amide bonds. The second kappa shape index (κ2) is 8.19. The van der Waals surface area contributed by atoms with Crippen LogP contribution >= 0.6 is 11.6 Å². The fourth-order valence-electron chi connectivity index (χ4n) is 3.65. The van der Waals surface area contributed by atoms with Crippen LogP contribution < -0.4 is 19.3 Å². The Labute approximate surface area is 161 Å². The van der Waals surface area contributed by atoms with Gasteiger partial charge in [0.25, 0.3) is 0 Å². The Morgan fingerprint density at radius 2 is 1.62 bits per heavy atom. The number of ether oxygens (including phenoxy) is 2. The highest BCUT2D eigenvalue weighted by Gasteiger charge is 2.22. The number of aryl methyl sites for hydroxylation is 2. The Kier molecular flexibility index (Phi) is 5.94. The van der Waals surface area contributed by atoms with Crippen molar-refractivity contribution in [3.63, 3.8) is 0 Å². The molecule has 0 aliphatic carbocycles. The normalized spacial score (nSPS) is 15.2. The lowest BCUT2D eigenvalue weighted by atomic mass is 10.1. The first-order valence-electron chi connectivity index (χ1n) is 9.08. The molecule has 140 valence electrons. The number of nitrogens with zero attached hydrogens (tertiary/aromatic N) is 1. The number of nitrogens with one attached hydrogen (secondary N) is 1. The number of anilines is 1. The number of rotatable bonds is 5. The van der Waals surface area contributed by atoms with Gasteiger partial charge in [-0.25, -0.2) is 0 Å². The predicted molar refractivity (Wildman–Crippen MR) is 107 cm³/mol. The summed E-state index contributed by atoms with van der Waals surface area (Å²) in [4.78, 5) is 4.04. The Hall–Kier alpha value is -1.91. The van der Waals surface area contributed by atoms with E-state index in [4.69, 9.17) is 21.1 Å². The Morgan fingerprint density at radius 1 is 0.962 bits per heavy atom. The highest BCUT2D eigenvalue weighted by Crippen LogP contribution is 2.30. The molecular weight excluding hydrogens is 348 g/mol. The van der Waals surface area contributed by atoms with Crippen LogP contribution in [-0.4, -0.2) is 40.4 Å². The molecule has 0 spiro atoms. The maximum absolute atomic E-state index is 6.19. The van der Waals surface area contributed by atoms with Crippen LogP contribution in [0.4, 0.5) is 5.69 Å². The summed E-state index contributed by atoms with van der Waals surface area (Å²) in [5, 5.41) is 0.807. The van der Waals surface area contributed by atoms with E-state index in [2.05, 4.69) is 43.0 Å². The van der Waals surface area contributed by atoms with Crippen LogP contribution in [0.2, 0.25) is 5.02 Å². The molecule has 0 saturated carbocycles. The van der Waals surface area contributed by atoms with Crippen molar-refractivity contribution in [3.05, 3.63) is 52.0 Å². The molecular formula is C21H28ClN2O2+. The van der Waals surface area contributed by atoms with Gasteiger partial charge in [-0.05, 0) is 49.2 Å². The molecule has 4 nitrogen and oxygen atoms in total. The predicted octanol–water partition coefficient (Wildman–Crippen LogP) is 2.88. The first-order valence-corrected chi connectivity index (χ1v) is 9.45. The molecule has 1 heterocycles. The summed E-state index contributed by atoms with van der Waals surface area (Å²) in [6.07, 6.45) is 0. The summed E-state index contributed by atoms with van der Waals surface area (Å²) in [6, 6.07) is 10.3. The molecule has 1 fully saturated rings. The van der Waals surface area contributed by atoms with E-state index in [0.29, 0.717) is 0 Å². The highest BCUT2D eigenvalue weighted by atomic mass is 35.5. The molecule has 5 heteroatoms. The minimum atomic E-state index is 0.796. The zero-order chi connectivity index (χ0) is 18.7. The van der Waals surface area contributed by atoms with Crippen molar-refractivity contribution in [2.45, 2.75) is 20.4 Å². The van der Waals surface area contributed by atoms with Crippen LogP contribution in [0, 0.1) is 13.8 Å². The van der Waals surface area contributed by atoms with Gasteiger partial charge < -0.3 is 19.3 Å². The minimum absolute atomic E-state index is 0.796. The van der Waals surface area contributed by atoms with Crippen LogP contribution in [0.1, 0.15) is 16.7 Å². The molecule has 1 N–H and O–H groups in total. The van der Waals surface area contributed by atoms with Gasteiger partial charge in [-0.2, -0.15) is 0 Å². The maximum atomic E-state index is 6.19. The fourth-order valence-corrected chi connectivity index (χ4v) is 3.81. The summed E-state index contributed by atoms with van der Waals surface area (Å²) in [5.41, 5.74) is 5.13. The van der Waals surface area contributed by atoms with E-state index in [9.17, 15) is 0 Å². The van der Waals surface area contributed by atoms with Crippen LogP contribution in [0.15, 0.2) is 30.3 Å². The van der Waals surface area contributed by atoms with Crippen molar-refractivity contribution >= 4 is 17.3 Å². The molecule has 2 aromatic rings. The largest absolute Gasteiger partial charge is 0.493 e.